The van der Waals surface area contributed by atoms with E-state index in [-0.39, 0.29) is 5.91 Å². The van der Waals surface area contributed by atoms with Gasteiger partial charge in [0, 0.05) is 24.3 Å². The summed E-state index contributed by atoms with van der Waals surface area (Å²) < 4.78 is 7.40. The fourth-order valence-electron chi connectivity index (χ4n) is 3.86. The molecule has 3 aromatic rings. The van der Waals surface area contributed by atoms with Gasteiger partial charge in [0.25, 0.3) is 0 Å². The lowest BCUT2D eigenvalue weighted by Crippen LogP contribution is -2.36. The maximum atomic E-state index is 13.0. The summed E-state index contributed by atoms with van der Waals surface area (Å²) in [6, 6.07) is 16.0. The monoisotopic (exact) mass is 436 g/mol. The summed E-state index contributed by atoms with van der Waals surface area (Å²) >= 11 is 1.47. The van der Waals surface area contributed by atoms with E-state index in [1.54, 1.807) is 7.11 Å². The lowest BCUT2D eigenvalue weighted by atomic mass is 10.0. The number of nitrogens with zero attached hydrogens (tertiary/aromatic N) is 4. The highest BCUT2D eigenvalue weighted by atomic mass is 32.2. The highest BCUT2D eigenvalue weighted by Gasteiger charge is 2.23. The SMILES string of the molecule is CCCCn1c(SCC(=O)N2CCCc3ccccc32)nnc1-c1ccc(OC)cc1. The average Bonchev–Trinajstić information content (AvgIpc) is 3.23. The summed E-state index contributed by atoms with van der Waals surface area (Å²) in [5.41, 5.74) is 3.29. The number of ether oxygens (including phenoxy) is 1. The number of aryl methyl sites for hydroxylation is 1. The van der Waals surface area contributed by atoms with Gasteiger partial charge in [0.15, 0.2) is 11.0 Å². The Hall–Kier alpha value is -2.80. The number of amides is 1. The van der Waals surface area contributed by atoms with Crippen molar-refractivity contribution in [1.82, 2.24) is 14.8 Å². The van der Waals surface area contributed by atoms with Crippen molar-refractivity contribution in [3.8, 4) is 17.1 Å². The van der Waals surface area contributed by atoms with Crippen LogP contribution in [0.1, 0.15) is 31.7 Å². The van der Waals surface area contributed by atoms with Gasteiger partial charge in [-0.1, -0.05) is 43.3 Å². The number of carbonyl (C=O) groups is 1. The summed E-state index contributed by atoms with van der Waals surface area (Å²) in [4.78, 5) is 15.0. The minimum atomic E-state index is 0.119. The van der Waals surface area contributed by atoms with Crippen molar-refractivity contribution in [1.29, 1.82) is 0 Å². The molecule has 0 spiro atoms. The Morgan fingerprint density at radius 1 is 1.13 bits per heavy atom. The van der Waals surface area contributed by atoms with Crippen LogP contribution in [-0.2, 0) is 17.8 Å². The number of methoxy groups -OCH3 is 1. The molecule has 1 aromatic heterocycles. The summed E-state index contributed by atoms with van der Waals surface area (Å²) in [5, 5.41) is 9.66. The van der Waals surface area contributed by atoms with E-state index in [2.05, 4.69) is 27.8 Å². The average molecular weight is 437 g/mol. The van der Waals surface area contributed by atoms with Gasteiger partial charge in [0.1, 0.15) is 5.75 Å². The number of aromatic nitrogens is 3. The lowest BCUT2D eigenvalue weighted by molar-refractivity contribution is -0.116. The zero-order valence-corrected chi connectivity index (χ0v) is 18.9. The Balaban J connectivity index is 1.51. The van der Waals surface area contributed by atoms with Crippen LogP contribution in [-0.4, -0.2) is 40.1 Å². The van der Waals surface area contributed by atoms with E-state index in [4.69, 9.17) is 4.74 Å². The lowest BCUT2D eigenvalue weighted by Gasteiger charge is -2.29. The predicted octanol–water partition coefficient (Wildman–Crippen LogP) is 4.83. The topological polar surface area (TPSA) is 60.2 Å². The second kappa shape index (κ2) is 10.0. The van der Waals surface area contributed by atoms with E-state index >= 15 is 0 Å². The summed E-state index contributed by atoms with van der Waals surface area (Å²) in [6.45, 7) is 3.77. The van der Waals surface area contributed by atoms with Gasteiger partial charge in [0.2, 0.25) is 5.91 Å². The number of rotatable bonds is 8. The highest BCUT2D eigenvalue weighted by molar-refractivity contribution is 7.99. The maximum absolute atomic E-state index is 13.0. The number of anilines is 1. The first-order chi connectivity index (χ1) is 15.2. The summed E-state index contributed by atoms with van der Waals surface area (Å²) in [7, 11) is 1.66. The molecule has 6 nitrogen and oxygen atoms in total. The van der Waals surface area contributed by atoms with Crippen molar-refractivity contribution in [2.45, 2.75) is 44.3 Å². The van der Waals surface area contributed by atoms with E-state index in [0.29, 0.717) is 5.75 Å². The molecule has 0 atom stereocenters. The van der Waals surface area contributed by atoms with Crippen LogP contribution >= 0.6 is 11.8 Å². The molecule has 0 saturated carbocycles. The van der Waals surface area contributed by atoms with Crippen molar-refractivity contribution in [2.75, 3.05) is 24.3 Å². The quantitative estimate of drug-likeness (QED) is 0.474. The molecule has 2 aromatic carbocycles. The van der Waals surface area contributed by atoms with Crippen molar-refractivity contribution in [3.63, 3.8) is 0 Å². The van der Waals surface area contributed by atoms with Crippen LogP contribution in [0.2, 0.25) is 0 Å². The molecule has 162 valence electrons. The molecule has 4 rings (SSSR count). The van der Waals surface area contributed by atoms with Gasteiger partial charge in [-0.3, -0.25) is 4.79 Å². The number of carbonyl (C=O) groups excluding carboxylic acids is 1. The van der Waals surface area contributed by atoms with Gasteiger partial charge in [-0.05, 0) is 55.2 Å². The molecule has 7 heteroatoms. The molecular weight excluding hydrogens is 408 g/mol. The fraction of sp³-hybridized carbons (Fsp3) is 0.375. The second-order valence-electron chi connectivity index (χ2n) is 7.61. The molecule has 0 unspecified atom stereocenters. The largest absolute Gasteiger partial charge is 0.497 e. The Morgan fingerprint density at radius 3 is 2.71 bits per heavy atom. The van der Waals surface area contributed by atoms with E-state index in [1.807, 2.05) is 47.4 Å². The van der Waals surface area contributed by atoms with E-state index in [9.17, 15) is 4.79 Å². The molecule has 0 N–H and O–H groups in total. The zero-order chi connectivity index (χ0) is 21.6. The first-order valence-corrected chi connectivity index (χ1v) is 11.8. The van der Waals surface area contributed by atoms with Crippen molar-refractivity contribution in [3.05, 3.63) is 54.1 Å². The van der Waals surface area contributed by atoms with Gasteiger partial charge in [0.05, 0.1) is 12.9 Å². The minimum absolute atomic E-state index is 0.119. The van der Waals surface area contributed by atoms with Crippen LogP contribution in [0.4, 0.5) is 5.69 Å². The van der Waals surface area contributed by atoms with E-state index < -0.39 is 0 Å². The van der Waals surface area contributed by atoms with Gasteiger partial charge in [-0.25, -0.2) is 0 Å². The number of para-hydroxylation sites is 1. The minimum Gasteiger partial charge on any atom is -0.497 e. The van der Waals surface area contributed by atoms with Gasteiger partial charge in [-0.15, -0.1) is 10.2 Å². The van der Waals surface area contributed by atoms with Crippen LogP contribution in [0.15, 0.2) is 53.7 Å². The third-order valence-corrected chi connectivity index (χ3v) is 6.49. The summed E-state index contributed by atoms with van der Waals surface area (Å²) in [6.07, 6.45) is 4.14. The predicted molar refractivity (Wildman–Crippen MR) is 125 cm³/mol. The molecular formula is C24H28N4O2S. The van der Waals surface area contributed by atoms with Crippen LogP contribution in [0.3, 0.4) is 0 Å². The van der Waals surface area contributed by atoms with E-state index in [1.165, 1.54) is 17.3 Å². The Labute approximate surface area is 187 Å². The molecule has 0 fully saturated rings. The number of unbranched alkanes of at least 4 members (excludes halogenated alkanes) is 1. The fourth-order valence-corrected chi connectivity index (χ4v) is 4.70. The normalized spacial score (nSPS) is 13.2. The van der Waals surface area contributed by atoms with E-state index in [0.717, 1.165) is 66.8 Å². The molecule has 0 bridgehead atoms. The van der Waals surface area contributed by atoms with Gasteiger partial charge in [-0.2, -0.15) is 0 Å². The van der Waals surface area contributed by atoms with Crippen molar-refractivity contribution in [2.24, 2.45) is 0 Å². The number of hydrogen-bond acceptors (Lipinski definition) is 5. The smallest absolute Gasteiger partial charge is 0.237 e. The standard InChI is InChI=1S/C24H28N4O2S/c1-3-4-15-28-23(19-11-13-20(30-2)14-12-19)25-26-24(28)31-17-22(29)27-16-7-9-18-8-5-6-10-21(18)27/h5-6,8,10-14H,3-4,7,9,15-17H2,1-2H3. The number of benzene rings is 2. The third-order valence-electron chi connectivity index (χ3n) is 5.54. The first kappa shape index (κ1) is 21.4. The third kappa shape index (κ3) is 4.77. The molecule has 0 aliphatic carbocycles. The number of fused-ring (bicyclic) bond motifs is 1. The highest BCUT2D eigenvalue weighted by Crippen LogP contribution is 2.29. The van der Waals surface area contributed by atoms with Crippen molar-refractivity contribution >= 4 is 23.4 Å². The number of hydrogen-bond donors (Lipinski definition) is 0. The Kier molecular flexibility index (Phi) is 6.92. The summed E-state index contributed by atoms with van der Waals surface area (Å²) in [5.74, 6) is 2.11. The van der Waals surface area contributed by atoms with Crippen LogP contribution < -0.4 is 9.64 Å². The molecule has 31 heavy (non-hydrogen) atoms. The molecule has 2 heterocycles. The molecule has 1 aliphatic heterocycles. The molecule has 0 saturated heterocycles. The molecule has 1 amide bonds. The van der Waals surface area contributed by atoms with Crippen LogP contribution in [0.25, 0.3) is 11.4 Å². The van der Waals surface area contributed by atoms with Gasteiger partial charge >= 0.3 is 0 Å². The Morgan fingerprint density at radius 2 is 1.94 bits per heavy atom. The van der Waals surface area contributed by atoms with Crippen LogP contribution in [0, 0.1) is 0 Å². The zero-order valence-electron chi connectivity index (χ0n) is 18.1. The first-order valence-electron chi connectivity index (χ1n) is 10.8. The number of thioether (sulfide) groups is 1. The molecule has 0 radical (unpaired) electrons. The molecule has 1 aliphatic rings. The maximum Gasteiger partial charge on any atom is 0.237 e. The van der Waals surface area contributed by atoms with Crippen molar-refractivity contribution < 1.29 is 9.53 Å². The second-order valence-corrected chi connectivity index (χ2v) is 8.55. The van der Waals surface area contributed by atoms with Gasteiger partial charge < -0.3 is 14.2 Å². The Bertz CT molecular complexity index is 1030. The van der Waals surface area contributed by atoms with Crippen LogP contribution in [0.5, 0.6) is 5.75 Å².